The molecule has 1 heterocycles. The number of rotatable bonds is 6. The molecular weight excluding hydrogens is 406 g/mol. The van der Waals surface area contributed by atoms with E-state index in [1.165, 1.54) is 0 Å². The van der Waals surface area contributed by atoms with Crippen LogP contribution >= 0.6 is 0 Å². The number of carbonyl (C=O) groups is 1. The van der Waals surface area contributed by atoms with Crippen LogP contribution in [-0.4, -0.2) is 39.0 Å². The highest BCUT2D eigenvalue weighted by molar-refractivity contribution is 6.44. The molecule has 0 saturated heterocycles. The number of carbonyl (C=O) groups excluding carboxylic acids is 1. The van der Waals surface area contributed by atoms with E-state index >= 15 is 0 Å². The van der Waals surface area contributed by atoms with E-state index in [2.05, 4.69) is 10.4 Å². The van der Waals surface area contributed by atoms with Gasteiger partial charge in [0.1, 0.15) is 5.71 Å². The lowest BCUT2D eigenvalue weighted by Crippen LogP contribution is -2.36. The Kier molecular flexibility index (Phi) is 6.39. The number of benzene rings is 1. The topological polar surface area (TPSA) is 124 Å². The molecule has 32 heavy (non-hydrogen) atoms. The van der Waals surface area contributed by atoms with Crippen molar-refractivity contribution in [1.82, 2.24) is 15.1 Å². The molecule has 0 spiro atoms. The second kappa shape index (κ2) is 9.38. The average Bonchev–Trinajstić information content (AvgIpc) is 3.24. The van der Waals surface area contributed by atoms with E-state index in [1.807, 2.05) is 35.9 Å². The van der Waals surface area contributed by atoms with Gasteiger partial charge in [0, 0.05) is 28.8 Å². The summed E-state index contributed by atoms with van der Waals surface area (Å²) in [5, 5.41) is 34.0. The van der Waals surface area contributed by atoms with Crippen molar-refractivity contribution in [1.29, 1.82) is 10.8 Å². The van der Waals surface area contributed by atoms with Gasteiger partial charge in [0.15, 0.2) is 0 Å². The first kappa shape index (κ1) is 21.8. The standard InChI is InChI=1S/C24H29N5O3/c1-2-32-23(26)15-7-5-8-16(13-15)29-20-11-6-10-19(18(20)14-27-29)28-24(31)22(25)17-9-3-4-12-21(17)30/h5,7-8,13-14,19,25-26,30H,2-4,6,9-12H2,1H3,(H,28,31). The molecule has 0 bridgehead atoms. The van der Waals surface area contributed by atoms with Gasteiger partial charge in [0.05, 0.1) is 30.3 Å². The number of ether oxygens (including phenoxy) is 1. The molecule has 1 atom stereocenters. The molecule has 2 aliphatic carbocycles. The Morgan fingerprint density at radius 1 is 1.25 bits per heavy atom. The number of allylic oxidation sites excluding steroid dienone is 1. The lowest BCUT2D eigenvalue weighted by Gasteiger charge is -2.25. The third-order valence-electron chi connectivity index (χ3n) is 6.10. The van der Waals surface area contributed by atoms with E-state index in [9.17, 15) is 9.90 Å². The van der Waals surface area contributed by atoms with Gasteiger partial charge < -0.3 is 15.2 Å². The molecule has 168 valence electrons. The number of fused-ring (bicyclic) bond motifs is 1. The van der Waals surface area contributed by atoms with Crippen molar-refractivity contribution in [3.8, 4) is 5.69 Å². The van der Waals surface area contributed by atoms with Gasteiger partial charge in [-0.25, -0.2) is 4.68 Å². The highest BCUT2D eigenvalue weighted by Gasteiger charge is 2.29. The highest BCUT2D eigenvalue weighted by atomic mass is 16.5. The summed E-state index contributed by atoms with van der Waals surface area (Å²) in [7, 11) is 0. The minimum absolute atomic E-state index is 0.124. The van der Waals surface area contributed by atoms with E-state index in [0.717, 1.165) is 49.0 Å². The molecule has 1 unspecified atom stereocenters. The smallest absolute Gasteiger partial charge is 0.270 e. The summed E-state index contributed by atoms with van der Waals surface area (Å²) in [6.45, 7) is 2.29. The first-order valence-corrected chi connectivity index (χ1v) is 11.2. The Labute approximate surface area is 187 Å². The molecule has 0 radical (unpaired) electrons. The van der Waals surface area contributed by atoms with Crippen LogP contribution in [-0.2, 0) is 16.0 Å². The van der Waals surface area contributed by atoms with Gasteiger partial charge in [-0.05, 0) is 63.6 Å². The molecule has 1 aromatic carbocycles. The molecule has 1 aromatic heterocycles. The zero-order valence-electron chi connectivity index (χ0n) is 18.3. The predicted molar refractivity (Wildman–Crippen MR) is 122 cm³/mol. The lowest BCUT2D eigenvalue weighted by atomic mass is 9.91. The fraction of sp³-hybridized carbons (Fsp3) is 0.417. The second-order valence-electron chi connectivity index (χ2n) is 8.20. The Balaban J connectivity index is 1.55. The molecule has 2 aromatic rings. The number of aromatic nitrogens is 2. The summed E-state index contributed by atoms with van der Waals surface area (Å²) in [6.07, 6.45) is 7.15. The predicted octanol–water partition coefficient (Wildman–Crippen LogP) is 4.13. The van der Waals surface area contributed by atoms with Crippen LogP contribution in [0.3, 0.4) is 0 Å². The number of hydrogen-bond donors (Lipinski definition) is 4. The van der Waals surface area contributed by atoms with Gasteiger partial charge in [0.2, 0.25) is 5.90 Å². The maximum Gasteiger partial charge on any atom is 0.270 e. The second-order valence-corrected chi connectivity index (χ2v) is 8.20. The summed E-state index contributed by atoms with van der Waals surface area (Å²) >= 11 is 0. The van der Waals surface area contributed by atoms with Crippen LogP contribution in [0.25, 0.3) is 5.69 Å². The van der Waals surface area contributed by atoms with Crippen LogP contribution in [0.1, 0.15) is 68.3 Å². The SMILES string of the molecule is CCOC(=N)c1cccc(-n2ncc3c2CCCC3NC(=O)C(=N)C2=C(O)CCCC2)c1. The van der Waals surface area contributed by atoms with E-state index in [-0.39, 0.29) is 23.4 Å². The maximum atomic E-state index is 12.8. The fourth-order valence-electron chi connectivity index (χ4n) is 4.46. The van der Waals surface area contributed by atoms with Gasteiger partial charge in [-0.3, -0.25) is 15.6 Å². The Morgan fingerprint density at radius 3 is 2.84 bits per heavy atom. The van der Waals surface area contributed by atoms with Crippen molar-refractivity contribution < 1.29 is 14.6 Å². The Hall–Kier alpha value is -3.42. The summed E-state index contributed by atoms with van der Waals surface area (Å²) in [5.41, 5.74) is 3.82. The third kappa shape index (κ3) is 4.30. The normalized spacial score (nSPS) is 18.1. The van der Waals surface area contributed by atoms with Gasteiger partial charge >= 0.3 is 0 Å². The quantitative estimate of drug-likeness (QED) is 0.402. The van der Waals surface area contributed by atoms with Gasteiger partial charge in [0.25, 0.3) is 5.91 Å². The maximum absolute atomic E-state index is 12.8. The molecule has 1 amide bonds. The van der Waals surface area contributed by atoms with E-state index < -0.39 is 5.91 Å². The minimum atomic E-state index is -0.453. The molecule has 0 fully saturated rings. The zero-order valence-corrected chi connectivity index (χ0v) is 18.3. The van der Waals surface area contributed by atoms with Crippen molar-refractivity contribution in [3.05, 3.63) is 58.6 Å². The van der Waals surface area contributed by atoms with Crippen molar-refractivity contribution in [2.45, 2.75) is 57.9 Å². The number of hydrogen-bond acceptors (Lipinski definition) is 6. The van der Waals surface area contributed by atoms with E-state index in [1.54, 1.807) is 6.20 Å². The lowest BCUT2D eigenvalue weighted by molar-refractivity contribution is -0.115. The van der Waals surface area contributed by atoms with Crippen molar-refractivity contribution in [2.75, 3.05) is 6.61 Å². The van der Waals surface area contributed by atoms with Gasteiger partial charge in [-0.2, -0.15) is 5.10 Å². The number of aliphatic hydroxyl groups excluding tert-OH is 1. The number of nitrogens with zero attached hydrogens (tertiary/aromatic N) is 2. The van der Waals surface area contributed by atoms with Crippen LogP contribution in [0.4, 0.5) is 0 Å². The van der Waals surface area contributed by atoms with Crippen molar-refractivity contribution in [3.63, 3.8) is 0 Å². The molecule has 4 N–H and O–H groups in total. The van der Waals surface area contributed by atoms with Crippen LogP contribution in [0, 0.1) is 10.8 Å². The average molecular weight is 436 g/mol. The molecule has 2 aliphatic rings. The molecular formula is C24H29N5O3. The molecule has 8 heteroatoms. The largest absolute Gasteiger partial charge is 0.512 e. The highest BCUT2D eigenvalue weighted by Crippen LogP contribution is 2.32. The van der Waals surface area contributed by atoms with Gasteiger partial charge in [-0.1, -0.05) is 6.07 Å². The Morgan fingerprint density at radius 2 is 2.06 bits per heavy atom. The number of nitrogens with one attached hydrogen (secondary N) is 3. The molecule has 0 saturated carbocycles. The van der Waals surface area contributed by atoms with Crippen LogP contribution in [0.15, 0.2) is 41.8 Å². The minimum Gasteiger partial charge on any atom is -0.512 e. The summed E-state index contributed by atoms with van der Waals surface area (Å²) in [5.74, 6) is -0.156. The first-order valence-electron chi connectivity index (χ1n) is 11.2. The van der Waals surface area contributed by atoms with Crippen LogP contribution in [0.5, 0.6) is 0 Å². The zero-order chi connectivity index (χ0) is 22.7. The number of amides is 1. The number of aliphatic hydroxyl groups is 1. The van der Waals surface area contributed by atoms with Crippen LogP contribution < -0.4 is 5.32 Å². The third-order valence-corrected chi connectivity index (χ3v) is 6.10. The molecule has 0 aliphatic heterocycles. The fourth-order valence-corrected chi connectivity index (χ4v) is 4.46. The van der Waals surface area contributed by atoms with Crippen molar-refractivity contribution in [2.24, 2.45) is 0 Å². The summed E-state index contributed by atoms with van der Waals surface area (Å²) in [6, 6.07) is 7.30. The Bertz CT molecular complexity index is 1090. The van der Waals surface area contributed by atoms with E-state index in [4.69, 9.17) is 15.6 Å². The summed E-state index contributed by atoms with van der Waals surface area (Å²) in [4.78, 5) is 12.8. The summed E-state index contributed by atoms with van der Waals surface area (Å²) < 4.78 is 7.18. The van der Waals surface area contributed by atoms with Crippen LogP contribution in [0.2, 0.25) is 0 Å². The monoisotopic (exact) mass is 435 g/mol. The first-order chi connectivity index (χ1) is 15.5. The van der Waals surface area contributed by atoms with E-state index in [0.29, 0.717) is 30.6 Å². The van der Waals surface area contributed by atoms with Crippen molar-refractivity contribution >= 4 is 17.5 Å². The molecule has 4 rings (SSSR count). The van der Waals surface area contributed by atoms with Gasteiger partial charge in [-0.15, -0.1) is 0 Å². The molecule has 8 nitrogen and oxygen atoms in total.